The fourth-order valence-corrected chi connectivity index (χ4v) is 7.55. The van der Waals surface area contributed by atoms with Crippen molar-refractivity contribution in [3.63, 3.8) is 0 Å². The van der Waals surface area contributed by atoms with Gasteiger partial charge in [-0.25, -0.2) is 4.39 Å². The molecule has 1 heterocycles. The molecule has 1 amide bonds. The van der Waals surface area contributed by atoms with E-state index in [2.05, 4.69) is 9.80 Å². The van der Waals surface area contributed by atoms with Crippen LogP contribution in [-0.4, -0.2) is 53.5 Å². The Kier molecular flexibility index (Phi) is 6.47. The van der Waals surface area contributed by atoms with Gasteiger partial charge in [-0.1, -0.05) is 12.1 Å². The summed E-state index contributed by atoms with van der Waals surface area (Å²) in [6, 6.07) is 6.64. The second kappa shape index (κ2) is 9.36. The van der Waals surface area contributed by atoms with Crippen LogP contribution in [-0.2, 0) is 20.9 Å². The summed E-state index contributed by atoms with van der Waals surface area (Å²) in [7, 11) is 0. The van der Waals surface area contributed by atoms with Gasteiger partial charge in [0, 0.05) is 12.1 Å². The number of carbonyl (C=O) groups is 2. The van der Waals surface area contributed by atoms with Gasteiger partial charge in [-0.15, -0.1) is 0 Å². The average Bonchev–Trinajstić information content (AvgIpc) is 2.78. The molecule has 0 unspecified atom stereocenters. The summed E-state index contributed by atoms with van der Waals surface area (Å²) >= 11 is 0. The van der Waals surface area contributed by atoms with Crippen molar-refractivity contribution in [1.82, 2.24) is 9.80 Å². The van der Waals surface area contributed by atoms with Crippen LogP contribution < -0.4 is 0 Å². The number of hydrogen-bond donors (Lipinski definition) is 0. The first kappa shape index (κ1) is 22.8. The summed E-state index contributed by atoms with van der Waals surface area (Å²) in [6.45, 7) is 4.72. The number of rotatable bonds is 7. The number of ether oxygens (including phenoxy) is 1. The molecular weight excluding hydrogens is 419 g/mol. The molecule has 33 heavy (non-hydrogen) atoms. The van der Waals surface area contributed by atoms with Crippen LogP contribution in [0.25, 0.3) is 0 Å². The maximum atomic E-state index is 13.8. The predicted molar refractivity (Wildman–Crippen MR) is 124 cm³/mol. The molecule has 0 aromatic heterocycles. The number of nitrogens with zero attached hydrogens (tertiary/aromatic N) is 2. The lowest BCUT2D eigenvalue weighted by molar-refractivity contribution is -0.154. The van der Waals surface area contributed by atoms with Gasteiger partial charge in [0.05, 0.1) is 19.1 Å². The second-order valence-electron chi connectivity index (χ2n) is 11.1. The minimum absolute atomic E-state index is 0.0382. The first-order chi connectivity index (χ1) is 15.9. The molecule has 6 heteroatoms. The van der Waals surface area contributed by atoms with Crippen LogP contribution in [0.1, 0.15) is 63.9 Å². The summed E-state index contributed by atoms with van der Waals surface area (Å²) < 4.78 is 18.7. The molecule has 1 aromatic rings. The van der Waals surface area contributed by atoms with Crippen molar-refractivity contribution in [3.8, 4) is 0 Å². The molecule has 4 aliphatic carbocycles. The van der Waals surface area contributed by atoms with E-state index in [1.54, 1.807) is 0 Å². The standard InChI is InChI=1S/C27H37FN2O3/c1-2-33-26(32)23-7-9-29(10-8-23)18-25(31)30(17-19-3-5-24(28)6-4-19)27-14-20-11-21(15-27)13-22(12-20)16-27/h3-6,20-23H,2,7-18H2,1H3. The van der Waals surface area contributed by atoms with Gasteiger partial charge in [0.15, 0.2) is 0 Å². The zero-order valence-electron chi connectivity index (χ0n) is 19.8. The highest BCUT2D eigenvalue weighted by Crippen LogP contribution is 2.58. The van der Waals surface area contributed by atoms with E-state index < -0.39 is 0 Å². The number of halogens is 1. The van der Waals surface area contributed by atoms with E-state index in [-0.39, 0.29) is 29.2 Å². The normalized spacial score (nSPS) is 31.5. The number of hydrogen-bond acceptors (Lipinski definition) is 4. The molecule has 0 atom stereocenters. The van der Waals surface area contributed by atoms with Gasteiger partial charge in [-0.05, 0) is 107 Å². The second-order valence-corrected chi connectivity index (χ2v) is 11.1. The number of esters is 1. The molecule has 5 fully saturated rings. The first-order valence-electron chi connectivity index (χ1n) is 12.9. The van der Waals surface area contributed by atoms with Gasteiger partial charge >= 0.3 is 5.97 Å². The Labute approximate surface area is 196 Å². The highest BCUT2D eigenvalue weighted by molar-refractivity contribution is 5.79. The molecule has 1 aromatic carbocycles. The van der Waals surface area contributed by atoms with Gasteiger partial charge < -0.3 is 9.64 Å². The summed E-state index contributed by atoms with van der Waals surface area (Å²) in [5.41, 5.74) is 0.963. The van der Waals surface area contributed by atoms with E-state index in [0.29, 0.717) is 19.7 Å². The van der Waals surface area contributed by atoms with Gasteiger partial charge in [-0.3, -0.25) is 14.5 Å². The SMILES string of the molecule is CCOC(=O)C1CCN(CC(=O)N(Cc2ccc(F)cc2)C23CC4CC(CC(C4)C2)C3)CC1. The molecular formula is C27H37FN2O3. The minimum Gasteiger partial charge on any atom is -0.466 e. The Balaban J connectivity index is 1.30. The van der Waals surface area contributed by atoms with Crippen molar-refractivity contribution >= 4 is 11.9 Å². The van der Waals surface area contributed by atoms with E-state index in [4.69, 9.17) is 4.74 Å². The Bertz CT molecular complexity index is 827. The minimum atomic E-state index is -0.240. The highest BCUT2D eigenvalue weighted by atomic mass is 19.1. The van der Waals surface area contributed by atoms with Crippen molar-refractivity contribution in [2.75, 3.05) is 26.2 Å². The molecule has 4 bridgehead atoms. The quantitative estimate of drug-likeness (QED) is 0.571. The molecule has 0 spiro atoms. The Morgan fingerprint density at radius 1 is 1.03 bits per heavy atom. The molecule has 5 nitrogen and oxygen atoms in total. The molecule has 1 aliphatic heterocycles. The Morgan fingerprint density at radius 2 is 1.61 bits per heavy atom. The number of likely N-dealkylation sites (tertiary alicyclic amines) is 1. The van der Waals surface area contributed by atoms with E-state index in [9.17, 15) is 14.0 Å². The van der Waals surface area contributed by atoms with Crippen LogP contribution in [0.5, 0.6) is 0 Å². The molecule has 5 aliphatic rings. The lowest BCUT2D eigenvalue weighted by atomic mass is 9.52. The summed E-state index contributed by atoms with van der Waals surface area (Å²) in [5, 5.41) is 0. The smallest absolute Gasteiger partial charge is 0.309 e. The maximum absolute atomic E-state index is 13.8. The van der Waals surface area contributed by atoms with Crippen molar-refractivity contribution in [2.45, 2.75) is 70.4 Å². The van der Waals surface area contributed by atoms with Crippen molar-refractivity contribution in [1.29, 1.82) is 0 Å². The molecule has 0 N–H and O–H groups in total. The van der Waals surface area contributed by atoms with Crippen LogP contribution in [0.4, 0.5) is 4.39 Å². The van der Waals surface area contributed by atoms with Gasteiger partial charge in [0.1, 0.15) is 5.82 Å². The van der Waals surface area contributed by atoms with E-state index in [0.717, 1.165) is 68.5 Å². The van der Waals surface area contributed by atoms with Gasteiger partial charge in [0.25, 0.3) is 0 Å². The number of amides is 1. The van der Waals surface area contributed by atoms with Crippen molar-refractivity contribution in [2.24, 2.45) is 23.7 Å². The van der Waals surface area contributed by atoms with Crippen LogP contribution >= 0.6 is 0 Å². The topological polar surface area (TPSA) is 49.9 Å². The molecule has 1 saturated heterocycles. The predicted octanol–water partition coefficient (Wildman–Crippen LogP) is 4.40. The fraction of sp³-hybridized carbons (Fsp3) is 0.704. The van der Waals surface area contributed by atoms with E-state index in [1.165, 1.54) is 31.4 Å². The number of piperidine rings is 1. The number of carbonyl (C=O) groups excluding carboxylic acids is 2. The van der Waals surface area contributed by atoms with Crippen LogP contribution in [0, 0.1) is 29.5 Å². The zero-order valence-corrected chi connectivity index (χ0v) is 19.8. The maximum Gasteiger partial charge on any atom is 0.309 e. The summed E-state index contributed by atoms with van der Waals surface area (Å²) in [5.74, 6) is 2.05. The Morgan fingerprint density at radius 3 is 2.15 bits per heavy atom. The third kappa shape index (κ3) is 4.82. The molecule has 6 rings (SSSR count). The number of benzene rings is 1. The lowest BCUT2D eigenvalue weighted by Crippen LogP contribution is -2.62. The Hall–Kier alpha value is -1.95. The molecule has 4 saturated carbocycles. The third-order valence-electron chi connectivity index (χ3n) is 8.70. The average molecular weight is 457 g/mol. The highest BCUT2D eigenvalue weighted by Gasteiger charge is 2.54. The largest absolute Gasteiger partial charge is 0.466 e. The fourth-order valence-electron chi connectivity index (χ4n) is 7.55. The van der Waals surface area contributed by atoms with Gasteiger partial charge in [-0.2, -0.15) is 0 Å². The summed E-state index contributed by atoms with van der Waals surface area (Å²) in [4.78, 5) is 30.3. The van der Waals surface area contributed by atoms with Gasteiger partial charge in [0.2, 0.25) is 5.91 Å². The third-order valence-corrected chi connectivity index (χ3v) is 8.70. The van der Waals surface area contributed by atoms with Crippen molar-refractivity contribution < 1.29 is 18.7 Å². The van der Waals surface area contributed by atoms with Crippen LogP contribution in [0.15, 0.2) is 24.3 Å². The van der Waals surface area contributed by atoms with Crippen LogP contribution in [0.3, 0.4) is 0 Å². The molecule has 0 radical (unpaired) electrons. The molecule has 180 valence electrons. The van der Waals surface area contributed by atoms with Crippen molar-refractivity contribution in [3.05, 3.63) is 35.6 Å². The zero-order chi connectivity index (χ0) is 23.0. The summed E-state index contributed by atoms with van der Waals surface area (Å²) in [6.07, 6.45) is 8.87. The van der Waals surface area contributed by atoms with E-state index >= 15 is 0 Å². The first-order valence-corrected chi connectivity index (χ1v) is 12.9. The van der Waals surface area contributed by atoms with E-state index in [1.807, 2.05) is 19.1 Å². The van der Waals surface area contributed by atoms with Crippen LogP contribution in [0.2, 0.25) is 0 Å². The monoisotopic (exact) mass is 456 g/mol. The lowest BCUT2D eigenvalue weighted by Gasteiger charge is -2.60.